The van der Waals surface area contributed by atoms with Gasteiger partial charge in [-0.1, -0.05) is 44.0 Å². The van der Waals surface area contributed by atoms with E-state index in [0.29, 0.717) is 18.3 Å². The van der Waals surface area contributed by atoms with E-state index in [0.717, 1.165) is 11.5 Å². The van der Waals surface area contributed by atoms with Gasteiger partial charge in [-0.3, -0.25) is 0 Å². The molecule has 1 aliphatic rings. The van der Waals surface area contributed by atoms with Gasteiger partial charge in [0.1, 0.15) is 24.2 Å². The molecular weight excluding hydrogens is 325 g/mol. The van der Waals surface area contributed by atoms with E-state index in [9.17, 15) is 4.39 Å². The zero-order chi connectivity index (χ0) is 18.4. The minimum absolute atomic E-state index is 0.0374. The van der Waals surface area contributed by atoms with Crippen molar-refractivity contribution in [1.82, 2.24) is 0 Å². The van der Waals surface area contributed by atoms with Crippen molar-refractivity contribution < 1.29 is 9.13 Å². The molecule has 3 heteroatoms. The molecule has 0 unspecified atom stereocenters. The van der Waals surface area contributed by atoms with Crippen LogP contribution in [0.1, 0.15) is 68.1 Å². The summed E-state index contributed by atoms with van der Waals surface area (Å²) in [6, 6.07) is 14.8. The van der Waals surface area contributed by atoms with Gasteiger partial charge in [-0.15, -0.1) is 0 Å². The van der Waals surface area contributed by atoms with Gasteiger partial charge < -0.3 is 4.74 Å². The van der Waals surface area contributed by atoms with Crippen LogP contribution in [0.5, 0.6) is 5.75 Å². The molecule has 0 N–H and O–H groups in total. The van der Waals surface area contributed by atoms with Crippen molar-refractivity contribution >= 4 is 0 Å². The first-order chi connectivity index (χ1) is 12.7. The van der Waals surface area contributed by atoms with E-state index >= 15 is 0 Å². The van der Waals surface area contributed by atoms with E-state index in [1.54, 1.807) is 6.07 Å². The van der Waals surface area contributed by atoms with Crippen LogP contribution in [0.25, 0.3) is 0 Å². The maximum Gasteiger partial charge on any atom is 0.144 e. The maximum absolute atomic E-state index is 13.6. The molecule has 136 valence electrons. The molecule has 0 bridgehead atoms. The molecule has 0 saturated heterocycles. The standard InChI is InChI=1S/C23H26FNO/c1-2-3-17-4-8-19(9-5-17)20-10-6-18(7-11-20)16-26-22-13-12-21(15-25)23(24)14-22/h6-7,10-14,17,19H,2-5,8-9,16H2,1H3. The number of ether oxygens (including phenoxy) is 1. The second-order valence-electron chi connectivity index (χ2n) is 7.29. The van der Waals surface area contributed by atoms with Gasteiger partial charge in [0.05, 0.1) is 5.56 Å². The van der Waals surface area contributed by atoms with Crippen molar-refractivity contribution in [3.8, 4) is 11.8 Å². The number of hydrogen-bond acceptors (Lipinski definition) is 2. The van der Waals surface area contributed by atoms with E-state index in [1.807, 2.05) is 6.07 Å². The fraction of sp³-hybridized carbons (Fsp3) is 0.435. The van der Waals surface area contributed by atoms with Gasteiger partial charge in [0, 0.05) is 6.07 Å². The predicted molar refractivity (Wildman–Crippen MR) is 101 cm³/mol. The highest BCUT2D eigenvalue weighted by molar-refractivity contribution is 5.36. The van der Waals surface area contributed by atoms with Crippen molar-refractivity contribution in [3.05, 3.63) is 65.0 Å². The van der Waals surface area contributed by atoms with Crippen LogP contribution < -0.4 is 4.74 Å². The minimum Gasteiger partial charge on any atom is -0.489 e. The van der Waals surface area contributed by atoms with Gasteiger partial charge in [-0.05, 0) is 60.8 Å². The molecule has 2 aromatic carbocycles. The average Bonchev–Trinajstić information content (AvgIpc) is 2.68. The summed E-state index contributed by atoms with van der Waals surface area (Å²) in [5.74, 6) is 1.52. The van der Waals surface area contributed by atoms with Crippen LogP contribution in [-0.4, -0.2) is 0 Å². The summed E-state index contributed by atoms with van der Waals surface area (Å²) < 4.78 is 19.3. The van der Waals surface area contributed by atoms with Crippen LogP contribution in [0.15, 0.2) is 42.5 Å². The van der Waals surface area contributed by atoms with Crippen molar-refractivity contribution in [1.29, 1.82) is 5.26 Å². The Morgan fingerprint density at radius 1 is 1.08 bits per heavy atom. The summed E-state index contributed by atoms with van der Waals surface area (Å²) >= 11 is 0. The first-order valence-corrected chi connectivity index (χ1v) is 9.61. The normalized spacial score (nSPS) is 19.7. The smallest absolute Gasteiger partial charge is 0.144 e. The van der Waals surface area contributed by atoms with E-state index in [1.165, 1.54) is 56.2 Å². The summed E-state index contributed by atoms with van der Waals surface area (Å²) in [6.07, 6.45) is 7.98. The molecule has 0 spiro atoms. The van der Waals surface area contributed by atoms with Crippen LogP contribution >= 0.6 is 0 Å². The van der Waals surface area contributed by atoms with Crippen LogP contribution in [0.3, 0.4) is 0 Å². The lowest BCUT2D eigenvalue weighted by molar-refractivity contribution is 0.303. The first-order valence-electron chi connectivity index (χ1n) is 9.61. The molecule has 2 aromatic rings. The second kappa shape index (κ2) is 8.85. The summed E-state index contributed by atoms with van der Waals surface area (Å²) in [6.45, 7) is 2.67. The Labute approximate surface area is 155 Å². The van der Waals surface area contributed by atoms with Crippen LogP contribution in [0.2, 0.25) is 0 Å². The Morgan fingerprint density at radius 3 is 2.42 bits per heavy atom. The van der Waals surface area contributed by atoms with Crippen molar-refractivity contribution in [2.24, 2.45) is 5.92 Å². The molecule has 2 nitrogen and oxygen atoms in total. The summed E-state index contributed by atoms with van der Waals surface area (Å²) in [5, 5.41) is 8.76. The number of nitrogens with zero attached hydrogens (tertiary/aromatic N) is 1. The molecule has 1 aliphatic carbocycles. The lowest BCUT2D eigenvalue weighted by atomic mass is 9.77. The fourth-order valence-corrected chi connectivity index (χ4v) is 3.92. The number of rotatable bonds is 6. The quantitative estimate of drug-likeness (QED) is 0.607. The summed E-state index contributed by atoms with van der Waals surface area (Å²) in [7, 11) is 0. The van der Waals surface area contributed by atoms with Gasteiger partial charge in [-0.25, -0.2) is 4.39 Å². The van der Waals surface area contributed by atoms with Crippen molar-refractivity contribution in [2.75, 3.05) is 0 Å². The third kappa shape index (κ3) is 4.64. The third-order valence-corrected chi connectivity index (χ3v) is 5.46. The molecule has 0 aliphatic heterocycles. The molecule has 0 radical (unpaired) electrons. The fourth-order valence-electron chi connectivity index (χ4n) is 3.92. The van der Waals surface area contributed by atoms with Crippen molar-refractivity contribution in [3.63, 3.8) is 0 Å². The maximum atomic E-state index is 13.6. The molecule has 1 saturated carbocycles. The van der Waals surface area contributed by atoms with Crippen LogP contribution in [0.4, 0.5) is 4.39 Å². The molecule has 26 heavy (non-hydrogen) atoms. The SMILES string of the molecule is CCCC1CCC(c2ccc(COc3ccc(C#N)c(F)c3)cc2)CC1. The van der Waals surface area contributed by atoms with Gasteiger partial charge in [0.25, 0.3) is 0 Å². The zero-order valence-electron chi connectivity index (χ0n) is 15.4. The summed E-state index contributed by atoms with van der Waals surface area (Å²) in [5.41, 5.74) is 2.53. The van der Waals surface area contributed by atoms with Gasteiger partial charge in [0.2, 0.25) is 0 Å². The number of hydrogen-bond donors (Lipinski definition) is 0. The van der Waals surface area contributed by atoms with Crippen molar-refractivity contribution in [2.45, 2.75) is 58.0 Å². The molecule has 1 fully saturated rings. The lowest BCUT2D eigenvalue weighted by Crippen LogP contribution is -2.13. The Kier molecular flexibility index (Phi) is 6.28. The van der Waals surface area contributed by atoms with E-state index in [-0.39, 0.29) is 5.56 Å². The second-order valence-corrected chi connectivity index (χ2v) is 7.29. The van der Waals surface area contributed by atoms with Gasteiger partial charge in [0.15, 0.2) is 0 Å². The highest BCUT2D eigenvalue weighted by Gasteiger charge is 2.21. The highest BCUT2D eigenvalue weighted by Crippen LogP contribution is 2.37. The Bertz CT molecular complexity index is 755. The molecule has 0 aromatic heterocycles. The number of benzene rings is 2. The van der Waals surface area contributed by atoms with Crippen LogP contribution in [-0.2, 0) is 6.61 Å². The lowest BCUT2D eigenvalue weighted by Gasteiger charge is -2.28. The third-order valence-electron chi connectivity index (χ3n) is 5.46. The minimum atomic E-state index is -0.543. The summed E-state index contributed by atoms with van der Waals surface area (Å²) in [4.78, 5) is 0. The molecule has 0 amide bonds. The van der Waals surface area contributed by atoms with E-state index in [4.69, 9.17) is 10.00 Å². The molecular formula is C23H26FNO. The first kappa shape index (κ1) is 18.5. The molecule has 0 heterocycles. The van der Waals surface area contributed by atoms with E-state index < -0.39 is 5.82 Å². The number of nitriles is 1. The Hall–Kier alpha value is -2.34. The zero-order valence-corrected chi connectivity index (χ0v) is 15.4. The highest BCUT2D eigenvalue weighted by atomic mass is 19.1. The monoisotopic (exact) mass is 351 g/mol. The molecule has 3 rings (SSSR count). The average molecular weight is 351 g/mol. The topological polar surface area (TPSA) is 33.0 Å². The van der Waals surface area contributed by atoms with Gasteiger partial charge >= 0.3 is 0 Å². The van der Waals surface area contributed by atoms with Gasteiger partial charge in [-0.2, -0.15) is 5.26 Å². The largest absolute Gasteiger partial charge is 0.489 e. The van der Waals surface area contributed by atoms with E-state index in [2.05, 4.69) is 31.2 Å². The number of halogens is 1. The molecule has 0 atom stereocenters. The Morgan fingerprint density at radius 2 is 1.81 bits per heavy atom. The van der Waals surface area contributed by atoms with Crippen LogP contribution in [0, 0.1) is 23.1 Å². The predicted octanol–water partition coefficient (Wildman–Crippen LogP) is 6.35. The Balaban J connectivity index is 1.53.